The molecule has 1 aliphatic rings. The molecule has 1 aromatic rings. The molecule has 0 aromatic carbocycles. The van der Waals surface area contributed by atoms with Gasteiger partial charge in [0.15, 0.2) is 0 Å². The quantitative estimate of drug-likeness (QED) is 0.854. The van der Waals surface area contributed by atoms with Crippen LogP contribution in [0.4, 0.5) is 5.82 Å². The third-order valence-corrected chi connectivity index (χ3v) is 3.42. The first-order valence-corrected chi connectivity index (χ1v) is 6.20. The van der Waals surface area contributed by atoms with Gasteiger partial charge in [-0.3, -0.25) is 9.69 Å². The molecule has 2 rings (SSSR count). The molecule has 2 heterocycles. The SMILES string of the molecule is CC(C(=O)O)N1CCN(c2cc(C#N)ccn2)CC1. The van der Waals surface area contributed by atoms with E-state index in [4.69, 9.17) is 10.4 Å². The predicted molar refractivity (Wildman–Crippen MR) is 69.8 cm³/mol. The monoisotopic (exact) mass is 260 g/mol. The van der Waals surface area contributed by atoms with Crippen LogP contribution in [0.1, 0.15) is 12.5 Å². The fourth-order valence-corrected chi connectivity index (χ4v) is 2.16. The van der Waals surface area contributed by atoms with Gasteiger partial charge in [0.05, 0.1) is 11.6 Å². The molecule has 19 heavy (non-hydrogen) atoms. The highest BCUT2D eigenvalue weighted by Crippen LogP contribution is 2.15. The van der Waals surface area contributed by atoms with Gasteiger partial charge in [-0.25, -0.2) is 4.98 Å². The molecule has 0 aliphatic carbocycles. The second-order valence-electron chi connectivity index (χ2n) is 4.55. The van der Waals surface area contributed by atoms with Gasteiger partial charge in [-0.15, -0.1) is 0 Å². The van der Waals surface area contributed by atoms with Crippen molar-refractivity contribution in [3.05, 3.63) is 23.9 Å². The van der Waals surface area contributed by atoms with Crippen molar-refractivity contribution < 1.29 is 9.90 Å². The van der Waals surface area contributed by atoms with Crippen molar-refractivity contribution in [3.8, 4) is 6.07 Å². The summed E-state index contributed by atoms with van der Waals surface area (Å²) in [4.78, 5) is 19.2. The fraction of sp³-hybridized carbons (Fsp3) is 0.462. The predicted octanol–water partition coefficient (Wildman–Crippen LogP) is 0.548. The van der Waals surface area contributed by atoms with Crippen LogP contribution in [-0.4, -0.2) is 53.2 Å². The van der Waals surface area contributed by atoms with Gasteiger partial charge in [0.25, 0.3) is 0 Å². The second kappa shape index (κ2) is 5.67. The minimum Gasteiger partial charge on any atom is -0.480 e. The number of rotatable bonds is 3. The maximum Gasteiger partial charge on any atom is 0.320 e. The molecule has 0 bridgehead atoms. The molecule has 0 amide bonds. The Morgan fingerprint density at radius 2 is 2.16 bits per heavy atom. The number of carbonyl (C=O) groups is 1. The average molecular weight is 260 g/mol. The molecule has 0 saturated carbocycles. The van der Waals surface area contributed by atoms with Crippen LogP contribution < -0.4 is 4.90 Å². The van der Waals surface area contributed by atoms with Gasteiger partial charge >= 0.3 is 5.97 Å². The number of nitriles is 1. The Labute approximate surface area is 111 Å². The molecule has 100 valence electrons. The Morgan fingerprint density at radius 1 is 1.47 bits per heavy atom. The topological polar surface area (TPSA) is 80.5 Å². The highest BCUT2D eigenvalue weighted by Gasteiger charge is 2.25. The summed E-state index contributed by atoms with van der Waals surface area (Å²) in [5.74, 6) is -0.0141. The van der Waals surface area contributed by atoms with E-state index in [2.05, 4.69) is 16.0 Å². The summed E-state index contributed by atoms with van der Waals surface area (Å²) in [5, 5.41) is 17.8. The van der Waals surface area contributed by atoms with Crippen molar-refractivity contribution in [3.63, 3.8) is 0 Å². The Kier molecular flexibility index (Phi) is 3.97. The Bertz CT molecular complexity index is 504. The maximum atomic E-state index is 10.9. The van der Waals surface area contributed by atoms with Crippen LogP contribution in [0.5, 0.6) is 0 Å². The molecule has 0 spiro atoms. The highest BCUT2D eigenvalue weighted by atomic mass is 16.4. The van der Waals surface area contributed by atoms with Crippen LogP contribution >= 0.6 is 0 Å². The lowest BCUT2D eigenvalue weighted by Gasteiger charge is -2.37. The van der Waals surface area contributed by atoms with Crippen LogP contribution in [0.25, 0.3) is 0 Å². The van der Waals surface area contributed by atoms with Gasteiger partial charge < -0.3 is 10.0 Å². The van der Waals surface area contributed by atoms with E-state index in [1.807, 2.05) is 4.90 Å². The zero-order valence-electron chi connectivity index (χ0n) is 10.8. The number of carboxylic acid groups (broad SMARTS) is 1. The number of aromatic nitrogens is 1. The molecule has 1 fully saturated rings. The number of piperazine rings is 1. The van der Waals surface area contributed by atoms with Crippen molar-refractivity contribution in [2.45, 2.75) is 13.0 Å². The summed E-state index contributed by atoms with van der Waals surface area (Å²) in [5.41, 5.74) is 0.589. The van der Waals surface area contributed by atoms with E-state index in [9.17, 15) is 4.79 Å². The molecule has 6 heteroatoms. The Morgan fingerprint density at radius 3 is 2.74 bits per heavy atom. The lowest BCUT2D eigenvalue weighted by molar-refractivity contribution is -0.142. The third kappa shape index (κ3) is 3.01. The van der Waals surface area contributed by atoms with Crippen molar-refractivity contribution >= 4 is 11.8 Å². The molecule has 1 aliphatic heterocycles. The van der Waals surface area contributed by atoms with E-state index in [0.717, 1.165) is 18.9 Å². The second-order valence-corrected chi connectivity index (χ2v) is 4.55. The third-order valence-electron chi connectivity index (χ3n) is 3.42. The van der Waals surface area contributed by atoms with Crippen molar-refractivity contribution in [1.82, 2.24) is 9.88 Å². The summed E-state index contributed by atoms with van der Waals surface area (Å²) < 4.78 is 0. The van der Waals surface area contributed by atoms with Crippen LogP contribution in [-0.2, 0) is 4.79 Å². The number of pyridine rings is 1. The number of anilines is 1. The Balaban J connectivity index is 2.00. The first kappa shape index (κ1) is 13.3. The van der Waals surface area contributed by atoms with Crippen LogP contribution in [0, 0.1) is 11.3 Å². The lowest BCUT2D eigenvalue weighted by atomic mass is 10.2. The van der Waals surface area contributed by atoms with Crippen LogP contribution in [0.2, 0.25) is 0 Å². The zero-order chi connectivity index (χ0) is 13.8. The fourth-order valence-electron chi connectivity index (χ4n) is 2.16. The van der Waals surface area contributed by atoms with Gasteiger partial charge in [0.1, 0.15) is 11.9 Å². The van der Waals surface area contributed by atoms with Crippen molar-refractivity contribution in [1.29, 1.82) is 5.26 Å². The minimum absolute atomic E-state index is 0.458. The van der Waals surface area contributed by atoms with Gasteiger partial charge in [0, 0.05) is 32.4 Å². The molecular weight excluding hydrogens is 244 g/mol. The molecule has 0 radical (unpaired) electrons. The highest BCUT2D eigenvalue weighted by molar-refractivity contribution is 5.72. The molecule has 1 atom stereocenters. The number of carboxylic acids is 1. The van der Waals surface area contributed by atoms with E-state index in [1.165, 1.54) is 0 Å². The number of hydrogen-bond acceptors (Lipinski definition) is 5. The summed E-state index contributed by atoms with van der Waals surface area (Å²) >= 11 is 0. The molecule has 1 N–H and O–H groups in total. The van der Waals surface area contributed by atoms with E-state index in [0.29, 0.717) is 18.7 Å². The summed E-state index contributed by atoms with van der Waals surface area (Å²) in [6.45, 7) is 4.52. The maximum absolute atomic E-state index is 10.9. The van der Waals surface area contributed by atoms with E-state index in [-0.39, 0.29) is 0 Å². The molecule has 1 unspecified atom stereocenters. The van der Waals surface area contributed by atoms with Crippen molar-refractivity contribution in [2.75, 3.05) is 31.1 Å². The number of hydrogen-bond donors (Lipinski definition) is 1. The standard InChI is InChI=1S/C13H16N4O2/c1-10(13(18)19)16-4-6-17(7-5-16)12-8-11(9-14)2-3-15-12/h2-3,8,10H,4-7H2,1H3,(H,18,19). The molecule has 1 aromatic heterocycles. The summed E-state index contributed by atoms with van der Waals surface area (Å²) in [7, 11) is 0. The molecule has 6 nitrogen and oxygen atoms in total. The first-order valence-electron chi connectivity index (χ1n) is 6.20. The van der Waals surface area contributed by atoms with Gasteiger partial charge in [-0.05, 0) is 19.1 Å². The summed E-state index contributed by atoms with van der Waals surface area (Å²) in [6.07, 6.45) is 1.63. The first-order chi connectivity index (χ1) is 9.11. The summed E-state index contributed by atoms with van der Waals surface area (Å²) in [6, 6.07) is 5.07. The van der Waals surface area contributed by atoms with Crippen molar-refractivity contribution in [2.24, 2.45) is 0 Å². The van der Waals surface area contributed by atoms with E-state index < -0.39 is 12.0 Å². The van der Waals surface area contributed by atoms with Gasteiger partial charge in [-0.1, -0.05) is 0 Å². The number of nitrogens with zero attached hydrogens (tertiary/aromatic N) is 4. The lowest BCUT2D eigenvalue weighted by Crippen LogP contribution is -2.52. The smallest absolute Gasteiger partial charge is 0.320 e. The molecule has 1 saturated heterocycles. The van der Waals surface area contributed by atoms with Gasteiger partial charge in [0.2, 0.25) is 0 Å². The van der Waals surface area contributed by atoms with E-state index >= 15 is 0 Å². The normalized spacial score (nSPS) is 17.8. The largest absolute Gasteiger partial charge is 0.480 e. The van der Waals surface area contributed by atoms with E-state index in [1.54, 1.807) is 25.3 Å². The van der Waals surface area contributed by atoms with Crippen LogP contribution in [0.3, 0.4) is 0 Å². The number of aliphatic carboxylic acids is 1. The average Bonchev–Trinajstić information content (AvgIpc) is 2.46. The zero-order valence-corrected chi connectivity index (χ0v) is 10.8. The van der Waals surface area contributed by atoms with Crippen LogP contribution in [0.15, 0.2) is 18.3 Å². The Hall–Kier alpha value is -2.13. The molecular formula is C13H16N4O2. The van der Waals surface area contributed by atoms with Gasteiger partial charge in [-0.2, -0.15) is 5.26 Å². The minimum atomic E-state index is -0.793.